The molecule has 0 bridgehead atoms. The molecular formula is C19H22N2O. The van der Waals surface area contributed by atoms with E-state index in [9.17, 15) is 0 Å². The van der Waals surface area contributed by atoms with Gasteiger partial charge in [0.15, 0.2) is 0 Å². The summed E-state index contributed by atoms with van der Waals surface area (Å²) in [4.78, 5) is 8.53. The minimum absolute atomic E-state index is 0.249. The zero-order chi connectivity index (χ0) is 15.1. The first-order valence-electron chi connectivity index (χ1n) is 7.99. The quantitative estimate of drug-likeness (QED) is 0.844. The Hall–Kier alpha value is -1.84. The van der Waals surface area contributed by atoms with E-state index in [-0.39, 0.29) is 6.10 Å². The summed E-state index contributed by atoms with van der Waals surface area (Å²) in [5.41, 5.74) is 5.42. The van der Waals surface area contributed by atoms with E-state index >= 15 is 0 Å². The first-order valence-corrected chi connectivity index (χ1v) is 7.99. The van der Waals surface area contributed by atoms with Gasteiger partial charge in [-0.25, -0.2) is 5.06 Å². The average Bonchev–Trinajstić information content (AvgIpc) is 2.85. The number of rotatable bonds is 2. The molecule has 0 N–H and O–H groups in total. The molecule has 0 saturated carbocycles. The van der Waals surface area contributed by atoms with Crippen LogP contribution in [0.4, 0.5) is 5.69 Å². The zero-order valence-corrected chi connectivity index (χ0v) is 13.2. The lowest BCUT2D eigenvalue weighted by Gasteiger charge is -2.25. The van der Waals surface area contributed by atoms with Crippen LogP contribution in [0.15, 0.2) is 48.5 Å². The SMILES string of the molecule is CN(C)C[C@@H]1C[C@H]2c3ccccc3Cc3ccccc3N2O1. The van der Waals surface area contributed by atoms with Gasteiger partial charge in [0.2, 0.25) is 0 Å². The molecule has 1 saturated heterocycles. The Kier molecular flexibility index (Phi) is 3.40. The molecule has 4 rings (SSSR count). The molecule has 3 nitrogen and oxygen atoms in total. The van der Waals surface area contributed by atoms with Crippen LogP contribution in [0.5, 0.6) is 0 Å². The molecule has 2 heterocycles. The Bertz CT molecular complexity index is 629. The van der Waals surface area contributed by atoms with Gasteiger partial charge in [0.25, 0.3) is 0 Å². The monoisotopic (exact) mass is 294 g/mol. The van der Waals surface area contributed by atoms with Gasteiger partial charge in [-0.15, -0.1) is 0 Å². The van der Waals surface area contributed by atoms with Crippen molar-refractivity contribution in [2.75, 3.05) is 25.7 Å². The summed E-state index contributed by atoms with van der Waals surface area (Å²) in [6, 6.07) is 17.8. The molecule has 3 heteroatoms. The molecule has 0 aliphatic carbocycles. The summed E-state index contributed by atoms with van der Waals surface area (Å²) in [5, 5.41) is 2.16. The fraction of sp³-hybridized carbons (Fsp3) is 0.368. The Morgan fingerprint density at radius 2 is 1.77 bits per heavy atom. The van der Waals surface area contributed by atoms with Crippen LogP contribution in [-0.2, 0) is 11.3 Å². The summed E-state index contributed by atoms with van der Waals surface area (Å²) < 4.78 is 0. The summed E-state index contributed by atoms with van der Waals surface area (Å²) in [6.45, 7) is 0.956. The van der Waals surface area contributed by atoms with Gasteiger partial charge in [0.05, 0.1) is 11.7 Å². The molecule has 2 aliphatic rings. The van der Waals surface area contributed by atoms with Crippen LogP contribution >= 0.6 is 0 Å². The lowest BCUT2D eigenvalue weighted by atomic mass is 9.95. The third-order valence-electron chi connectivity index (χ3n) is 4.62. The Morgan fingerprint density at radius 3 is 2.59 bits per heavy atom. The van der Waals surface area contributed by atoms with Crippen molar-refractivity contribution >= 4 is 5.69 Å². The van der Waals surface area contributed by atoms with E-state index < -0.39 is 0 Å². The van der Waals surface area contributed by atoms with E-state index in [4.69, 9.17) is 4.84 Å². The van der Waals surface area contributed by atoms with E-state index in [0.717, 1.165) is 19.4 Å². The van der Waals surface area contributed by atoms with Gasteiger partial charge >= 0.3 is 0 Å². The van der Waals surface area contributed by atoms with Crippen molar-refractivity contribution in [2.24, 2.45) is 0 Å². The first kappa shape index (κ1) is 13.8. The van der Waals surface area contributed by atoms with Crippen LogP contribution in [0.2, 0.25) is 0 Å². The maximum Gasteiger partial charge on any atom is 0.101 e. The summed E-state index contributed by atoms with van der Waals surface area (Å²) in [6.07, 6.45) is 2.28. The van der Waals surface area contributed by atoms with Gasteiger partial charge in [0.1, 0.15) is 6.10 Å². The number of anilines is 1. The van der Waals surface area contributed by atoms with E-state index in [2.05, 4.69) is 72.6 Å². The average molecular weight is 294 g/mol. The molecule has 0 aromatic heterocycles. The Balaban J connectivity index is 1.79. The van der Waals surface area contributed by atoms with Crippen molar-refractivity contribution in [3.05, 3.63) is 65.2 Å². The van der Waals surface area contributed by atoms with Gasteiger partial charge < -0.3 is 4.90 Å². The molecule has 22 heavy (non-hydrogen) atoms. The number of para-hydroxylation sites is 1. The minimum atomic E-state index is 0.249. The van der Waals surface area contributed by atoms with E-state index in [0.29, 0.717) is 6.04 Å². The van der Waals surface area contributed by atoms with Crippen molar-refractivity contribution in [1.29, 1.82) is 0 Å². The smallest absolute Gasteiger partial charge is 0.101 e. The van der Waals surface area contributed by atoms with Crippen LogP contribution in [0, 0.1) is 0 Å². The number of likely N-dealkylation sites (N-methyl/N-ethyl adjacent to an activating group) is 1. The Morgan fingerprint density at radius 1 is 1.05 bits per heavy atom. The lowest BCUT2D eigenvalue weighted by molar-refractivity contribution is 0.0649. The molecule has 2 atom stereocenters. The summed E-state index contributed by atoms with van der Waals surface area (Å²) >= 11 is 0. The fourth-order valence-corrected chi connectivity index (χ4v) is 3.72. The highest BCUT2D eigenvalue weighted by atomic mass is 16.7. The van der Waals surface area contributed by atoms with Crippen molar-refractivity contribution in [1.82, 2.24) is 4.90 Å². The largest absolute Gasteiger partial charge is 0.307 e. The van der Waals surface area contributed by atoms with Gasteiger partial charge in [-0.05, 0) is 43.3 Å². The zero-order valence-electron chi connectivity index (χ0n) is 13.2. The topological polar surface area (TPSA) is 15.7 Å². The van der Waals surface area contributed by atoms with E-state index in [1.807, 2.05) is 0 Å². The summed E-state index contributed by atoms with van der Waals surface area (Å²) in [7, 11) is 4.21. The second-order valence-corrected chi connectivity index (χ2v) is 6.57. The molecule has 0 radical (unpaired) electrons. The second kappa shape index (κ2) is 5.41. The minimum Gasteiger partial charge on any atom is -0.307 e. The van der Waals surface area contributed by atoms with Crippen LogP contribution in [-0.4, -0.2) is 31.6 Å². The number of hydrogen-bond acceptors (Lipinski definition) is 3. The van der Waals surface area contributed by atoms with Crippen molar-refractivity contribution in [3.8, 4) is 0 Å². The number of hydroxylamine groups is 1. The molecule has 2 aromatic carbocycles. The second-order valence-electron chi connectivity index (χ2n) is 6.57. The summed E-state index contributed by atoms with van der Waals surface area (Å²) in [5.74, 6) is 0. The van der Waals surface area contributed by atoms with Crippen LogP contribution in [0.25, 0.3) is 0 Å². The third kappa shape index (κ3) is 2.31. The molecule has 114 valence electrons. The lowest BCUT2D eigenvalue weighted by Crippen LogP contribution is -2.27. The number of benzene rings is 2. The third-order valence-corrected chi connectivity index (χ3v) is 4.62. The molecule has 2 aromatic rings. The molecule has 0 unspecified atom stereocenters. The van der Waals surface area contributed by atoms with Crippen molar-refractivity contribution in [3.63, 3.8) is 0 Å². The fourth-order valence-electron chi connectivity index (χ4n) is 3.72. The van der Waals surface area contributed by atoms with Gasteiger partial charge in [-0.2, -0.15) is 0 Å². The number of nitrogens with zero attached hydrogens (tertiary/aromatic N) is 2. The normalized spacial score (nSPS) is 23.0. The maximum atomic E-state index is 6.33. The number of hydrogen-bond donors (Lipinski definition) is 0. The maximum absolute atomic E-state index is 6.33. The predicted molar refractivity (Wildman–Crippen MR) is 89.0 cm³/mol. The number of fused-ring (bicyclic) bond motifs is 5. The highest BCUT2D eigenvalue weighted by Crippen LogP contribution is 2.44. The standard InChI is InChI=1S/C19H22N2O/c1-20(2)13-16-12-19-17-9-5-3-7-14(17)11-15-8-4-6-10-18(15)21(19)22-16/h3-10,16,19H,11-13H2,1-2H3/t16-,19-/m0/s1. The molecular weight excluding hydrogens is 272 g/mol. The first-order chi connectivity index (χ1) is 10.7. The van der Waals surface area contributed by atoms with Crippen molar-refractivity contribution < 1.29 is 4.84 Å². The van der Waals surface area contributed by atoms with Gasteiger partial charge in [-0.3, -0.25) is 4.84 Å². The van der Waals surface area contributed by atoms with E-state index in [1.54, 1.807) is 0 Å². The van der Waals surface area contributed by atoms with Crippen LogP contribution < -0.4 is 5.06 Å². The van der Waals surface area contributed by atoms with E-state index in [1.165, 1.54) is 22.4 Å². The highest BCUT2D eigenvalue weighted by molar-refractivity contribution is 5.59. The highest BCUT2D eigenvalue weighted by Gasteiger charge is 2.38. The van der Waals surface area contributed by atoms with Gasteiger partial charge in [-0.1, -0.05) is 42.5 Å². The molecule has 0 amide bonds. The molecule has 1 fully saturated rings. The molecule has 0 spiro atoms. The predicted octanol–water partition coefficient (Wildman–Crippen LogP) is 3.40. The van der Waals surface area contributed by atoms with Crippen molar-refractivity contribution in [2.45, 2.75) is 25.0 Å². The molecule has 2 aliphatic heterocycles. The van der Waals surface area contributed by atoms with Crippen LogP contribution in [0.1, 0.15) is 29.2 Å². The Labute approximate surface area is 132 Å². The van der Waals surface area contributed by atoms with Crippen LogP contribution in [0.3, 0.4) is 0 Å². The van der Waals surface area contributed by atoms with Gasteiger partial charge in [0, 0.05) is 13.0 Å².